The molecule has 8 nitrogen and oxygen atoms in total. The molecular formula is C20H17N5O3. The number of ether oxygens (including phenoxy) is 1. The van der Waals surface area contributed by atoms with Crippen LogP contribution in [0.1, 0.15) is 11.1 Å². The first-order chi connectivity index (χ1) is 13.7. The molecule has 4 aromatic rings. The highest BCUT2D eigenvalue weighted by molar-refractivity contribution is 5.81. The summed E-state index contributed by atoms with van der Waals surface area (Å²) in [6.07, 6.45) is 4.31. The SMILES string of the molecule is COc1ccc(/C=N/n2cnc3c(cnn3Cc3ccccc3)c2=O)cc1O. The van der Waals surface area contributed by atoms with E-state index in [0.29, 0.717) is 28.9 Å². The maximum absolute atomic E-state index is 12.7. The van der Waals surface area contributed by atoms with Gasteiger partial charge in [-0.25, -0.2) is 9.67 Å². The minimum absolute atomic E-state index is 0.00503. The third kappa shape index (κ3) is 3.35. The van der Waals surface area contributed by atoms with Gasteiger partial charge in [0.2, 0.25) is 0 Å². The first-order valence-corrected chi connectivity index (χ1v) is 8.54. The Labute approximate surface area is 160 Å². The van der Waals surface area contributed by atoms with Crippen LogP contribution in [0.25, 0.3) is 11.0 Å². The predicted molar refractivity (Wildman–Crippen MR) is 105 cm³/mol. The minimum atomic E-state index is -0.321. The zero-order valence-electron chi connectivity index (χ0n) is 15.1. The molecule has 28 heavy (non-hydrogen) atoms. The second-order valence-electron chi connectivity index (χ2n) is 6.10. The molecule has 0 saturated heterocycles. The molecule has 0 saturated carbocycles. The van der Waals surface area contributed by atoms with E-state index in [4.69, 9.17) is 4.74 Å². The number of phenolic OH excluding ortho intramolecular Hbond substituents is 1. The number of hydrogen-bond acceptors (Lipinski definition) is 6. The number of methoxy groups -OCH3 is 1. The second kappa shape index (κ2) is 7.36. The van der Waals surface area contributed by atoms with Gasteiger partial charge in [0.25, 0.3) is 5.56 Å². The Morgan fingerprint density at radius 2 is 2.04 bits per heavy atom. The molecule has 1 N–H and O–H groups in total. The van der Waals surface area contributed by atoms with E-state index in [-0.39, 0.29) is 11.3 Å². The summed E-state index contributed by atoms with van der Waals surface area (Å²) in [5.74, 6) is 0.359. The van der Waals surface area contributed by atoms with Gasteiger partial charge in [0.05, 0.1) is 26.1 Å². The molecule has 8 heteroatoms. The first-order valence-electron chi connectivity index (χ1n) is 8.54. The van der Waals surface area contributed by atoms with Gasteiger partial charge in [-0.2, -0.15) is 14.9 Å². The van der Waals surface area contributed by atoms with Gasteiger partial charge in [-0.1, -0.05) is 30.3 Å². The van der Waals surface area contributed by atoms with Crippen molar-refractivity contribution in [2.45, 2.75) is 6.54 Å². The number of fused-ring (bicyclic) bond motifs is 1. The summed E-state index contributed by atoms with van der Waals surface area (Å²) in [5, 5.41) is 18.6. The third-order valence-electron chi connectivity index (χ3n) is 4.25. The fourth-order valence-electron chi connectivity index (χ4n) is 2.82. The Bertz CT molecular complexity index is 1210. The maximum atomic E-state index is 12.7. The monoisotopic (exact) mass is 375 g/mol. The number of nitrogens with zero attached hydrogens (tertiary/aromatic N) is 5. The van der Waals surface area contributed by atoms with Crippen LogP contribution in [0.2, 0.25) is 0 Å². The molecular weight excluding hydrogens is 358 g/mol. The summed E-state index contributed by atoms with van der Waals surface area (Å²) in [6, 6.07) is 14.7. The van der Waals surface area contributed by atoms with E-state index in [1.807, 2.05) is 30.3 Å². The van der Waals surface area contributed by atoms with Crippen LogP contribution >= 0.6 is 0 Å². The Morgan fingerprint density at radius 3 is 2.79 bits per heavy atom. The molecule has 0 fully saturated rings. The molecule has 0 radical (unpaired) electrons. The molecule has 0 aliphatic heterocycles. The van der Waals surface area contributed by atoms with Gasteiger partial charge in [-0.05, 0) is 29.3 Å². The number of phenols is 1. The molecule has 2 aromatic heterocycles. The molecule has 0 aliphatic rings. The van der Waals surface area contributed by atoms with Crippen LogP contribution in [0.4, 0.5) is 0 Å². The van der Waals surface area contributed by atoms with Gasteiger partial charge in [-0.15, -0.1) is 0 Å². The quantitative estimate of drug-likeness (QED) is 0.540. The molecule has 0 atom stereocenters. The molecule has 140 valence electrons. The Hall–Kier alpha value is -3.94. The van der Waals surface area contributed by atoms with Crippen LogP contribution < -0.4 is 10.3 Å². The van der Waals surface area contributed by atoms with Crippen molar-refractivity contribution < 1.29 is 9.84 Å². The second-order valence-corrected chi connectivity index (χ2v) is 6.10. The lowest BCUT2D eigenvalue weighted by Gasteiger charge is -2.04. The highest BCUT2D eigenvalue weighted by atomic mass is 16.5. The Kier molecular flexibility index (Phi) is 4.59. The number of aromatic nitrogens is 4. The smallest absolute Gasteiger partial charge is 0.285 e. The number of aromatic hydroxyl groups is 1. The maximum Gasteiger partial charge on any atom is 0.285 e. The zero-order valence-corrected chi connectivity index (χ0v) is 15.1. The van der Waals surface area contributed by atoms with Crippen molar-refractivity contribution in [3.05, 3.63) is 82.5 Å². The van der Waals surface area contributed by atoms with Gasteiger partial charge in [0.1, 0.15) is 11.7 Å². The van der Waals surface area contributed by atoms with Crippen molar-refractivity contribution in [2.75, 3.05) is 7.11 Å². The molecule has 0 unspecified atom stereocenters. The molecule has 2 aromatic carbocycles. The number of benzene rings is 2. The highest BCUT2D eigenvalue weighted by Gasteiger charge is 2.10. The number of hydrogen-bond donors (Lipinski definition) is 1. The van der Waals surface area contributed by atoms with Crippen LogP contribution in [0, 0.1) is 0 Å². The summed E-state index contributed by atoms with van der Waals surface area (Å²) in [5.41, 5.74) is 1.86. The van der Waals surface area contributed by atoms with Crippen LogP contribution in [-0.4, -0.2) is 37.9 Å². The van der Waals surface area contributed by atoms with Gasteiger partial charge in [-0.3, -0.25) is 4.79 Å². The van der Waals surface area contributed by atoms with Crippen molar-refractivity contribution in [3.8, 4) is 11.5 Å². The van der Waals surface area contributed by atoms with Crippen molar-refractivity contribution in [3.63, 3.8) is 0 Å². The third-order valence-corrected chi connectivity index (χ3v) is 4.25. The van der Waals surface area contributed by atoms with Crippen molar-refractivity contribution in [1.29, 1.82) is 0 Å². The standard InChI is InChI=1S/C20H17N5O3/c1-28-18-8-7-15(9-17(18)26)10-22-25-13-21-19-16(20(25)27)11-23-24(19)12-14-5-3-2-4-6-14/h2-11,13,26H,12H2,1H3/b22-10+. The average molecular weight is 375 g/mol. The molecule has 0 spiro atoms. The van der Waals surface area contributed by atoms with E-state index in [9.17, 15) is 9.90 Å². The van der Waals surface area contributed by atoms with E-state index in [1.165, 1.54) is 31.9 Å². The summed E-state index contributed by atoms with van der Waals surface area (Å²) in [6.45, 7) is 0.523. The highest BCUT2D eigenvalue weighted by Crippen LogP contribution is 2.25. The molecule has 0 bridgehead atoms. The first kappa shape index (κ1) is 17.5. The van der Waals surface area contributed by atoms with Crippen molar-refractivity contribution in [2.24, 2.45) is 5.10 Å². The minimum Gasteiger partial charge on any atom is -0.504 e. The van der Waals surface area contributed by atoms with Gasteiger partial charge >= 0.3 is 0 Å². The van der Waals surface area contributed by atoms with Crippen LogP contribution in [0.15, 0.2) is 71.0 Å². The van der Waals surface area contributed by atoms with Crippen LogP contribution in [0.5, 0.6) is 11.5 Å². The van der Waals surface area contributed by atoms with E-state index in [0.717, 1.165) is 10.2 Å². The largest absolute Gasteiger partial charge is 0.504 e. The topological polar surface area (TPSA) is 94.5 Å². The summed E-state index contributed by atoms with van der Waals surface area (Å²) >= 11 is 0. The lowest BCUT2D eigenvalue weighted by Crippen LogP contribution is -2.17. The van der Waals surface area contributed by atoms with Gasteiger partial charge in [0, 0.05) is 0 Å². The lowest BCUT2D eigenvalue weighted by molar-refractivity contribution is 0.373. The lowest BCUT2D eigenvalue weighted by atomic mass is 10.2. The van der Waals surface area contributed by atoms with Crippen molar-refractivity contribution in [1.82, 2.24) is 19.4 Å². The molecule has 0 amide bonds. The molecule has 2 heterocycles. The fraction of sp³-hybridized carbons (Fsp3) is 0.100. The summed E-state index contributed by atoms with van der Waals surface area (Å²) in [7, 11) is 1.47. The molecule has 4 rings (SSSR count). The van der Waals surface area contributed by atoms with Gasteiger partial charge in [0.15, 0.2) is 17.1 Å². The van der Waals surface area contributed by atoms with E-state index < -0.39 is 0 Å². The average Bonchev–Trinajstić information content (AvgIpc) is 3.12. The van der Waals surface area contributed by atoms with Gasteiger partial charge < -0.3 is 9.84 Å². The van der Waals surface area contributed by atoms with E-state index >= 15 is 0 Å². The predicted octanol–water partition coefficient (Wildman–Crippen LogP) is 2.24. The Morgan fingerprint density at radius 1 is 1.21 bits per heavy atom. The zero-order chi connectivity index (χ0) is 19.5. The Balaban J connectivity index is 1.63. The van der Waals surface area contributed by atoms with E-state index in [2.05, 4.69) is 15.2 Å². The fourth-order valence-corrected chi connectivity index (χ4v) is 2.82. The normalized spacial score (nSPS) is 11.3. The van der Waals surface area contributed by atoms with Crippen molar-refractivity contribution >= 4 is 17.2 Å². The summed E-state index contributed by atoms with van der Waals surface area (Å²) < 4.78 is 7.83. The van der Waals surface area contributed by atoms with Crippen LogP contribution in [-0.2, 0) is 6.54 Å². The van der Waals surface area contributed by atoms with E-state index in [1.54, 1.807) is 16.8 Å². The summed E-state index contributed by atoms with van der Waals surface area (Å²) in [4.78, 5) is 17.0. The number of rotatable bonds is 5. The molecule has 0 aliphatic carbocycles. The van der Waals surface area contributed by atoms with Crippen LogP contribution in [0.3, 0.4) is 0 Å².